The molecule has 0 radical (unpaired) electrons. The molecule has 16 heavy (non-hydrogen) atoms. The van der Waals surface area contributed by atoms with E-state index in [1.54, 1.807) is 19.1 Å². The van der Waals surface area contributed by atoms with Crippen molar-refractivity contribution in [1.29, 1.82) is 0 Å². The van der Waals surface area contributed by atoms with E-state index in [0.29, 0.717) is 16.5 Å². The molecular formula is C12H10BrClO2. The van der Waals surface area contributed by atoms with Crippen LogP contribution in [0.5, 0.6) is 0 Å². The fourth-order valence-electron chi connectivity index (χ4n) is 1.38. The maximum absolute atomic E-state index is 9.36. The third-order valence-corrected chi connectivity index (χ3v) is 3.46. The summed E-state index contributed by atoms with van der Waals surface area (Å²) in [7, 11) is 0. The van der Waals surface area contributed by atoms with Gasteiger partial charge in [-0.15, -0.1) is 0 Å². The summed E-state index contributed by atoms with van der Waals surface area (Å²) in [6.45, 7) is 1.67. The van der Waals surface area contributed by atoms with Crippen LogP contribution in [0.4, 0.5) is 0 Å². The van der Waals surface area contributed by atoms with Gasteiger partial charge in [0, 0.05) is 10.0 Å². The fraction of sp³-hybridized carbons (Fsp3) is 0.167. The van der Waals surface area contributed by atoms with Crippen LogP contribution in [0.2, 0.25) is 5.02 Å². The Kier molecular flexibility index (Phi) is 3.38. The maximum Gasteiger partial charge on any atom is 0.134 e. The Morgan fingerprint density at radius 1 is 1.31 bits per heavy atom. The van der Waals surface area contributed by atoms with Gasteiger partial charge >= 0.3 is 0 Å². The van der Waals surface area contributed by atoms with E-state index in [9.17, 15) is 5.11 Å². The van der Waals surface area contributed by atoms with E-state index in [1.165, 1.54) is 0 Å². The molecule has 0 fully saturated rings. The Hall–Kier alpha value is -0.770. The summed E-state index contributed by atoms with van der Waals surface area (Å²) >= 11 is 9.26. The van der Waals surface area contributed by atoms with E-state index in [2.05, 4.69) is 15.9 Å². The molecule has 1 aromatic carbocycles. The first kappa shape index (κ1) is 11.7. The van der Waals surface area contributed by atoms with Gasteiger partial charge < -0.3 is 9.52 Å². The number of benzene rings is 1. The highest BCUT2D eigenvalue weighted by atomic mass is 79.9. The summed E-state index contributed by atoms with van der Waals surface area (Å²) in [5.41, 5.74) is 0.920. The smallest absolute Gasteiger partial charge is 0.134 e. The van der Waals surface area contributed by atoms with Crippen LogP contribution in [0.25, 0.3) is 11.3 Å². The first-order valence-electron chi connectivity index (χ1n) is 4.81. The van der Waals surface area contributed by atoms with Gasteiger partial charge in [-0.25, -0.2) is 0 Å². The van der Waals surface area contributed by atoms with Gasteiger partial charge in [0.05, 0.1) is 5.02 Å². The molecule has 1 N–H and O–H groups in total. The van der Waals surface area contributed by atoms with Crippen molar-refractivity contribution in [3.05, 3.63) is 45.6 Å². The molecule has 0 aliphatic heterocycles. The first-order chi connectivity index (χ1) is 7.58. The minimum Gasteiger partial charge on any atom is -0.458 e. The zero-order valence-corrected chi connectivity index (χ0v) is 10.9. The van der Waals surface area contributed by atoms with Gasteiger partial charge in [-0.3, -0.25) is 0 Å². The van der Waals surface area contributed by atoms with Crippen molar-refractivity contribution in [1.82, 2.24) is 0 Å². The largest absolute Gasteiger partial charge is 0.458 e. The number of hydrogen-bond acceptors (Lipinski definition) is 2. The van der Waals surface area contributed by atoms with Gasteiger partial charge in [0.15, 0.2) is 0 Å². The minimum atomic E-state index is -0.593. The molecule has 0 spiro atoms. The van der Waals surface area contributed by atoms with E-state index in [1.807, 2.05) is 18.2 Å². The van der Waals surface area contributed by atoms with Gasteiger partial charge in [-0.2, -0.15) is 0 Å². The van der Waals surface area contributed by atoms with Crippen LogP contribution in [0.1, 0.15) is 18.8 Å². The Morgan fingerprint density at radius 3 is 2.62 bits per heavy atom. The summed E-state index contributed by atoms with van der Waals surface area (Å²) in [6.07, 6.45) is -0.593. The molecule has 84 valence electrons. The second kappa shape index (κ2) is 4.62. The third-order valence-electron chi connectivity index (χ3n) is 2.24. The first-order valence-corrected chi connectivity index (χ1v) is 5.98. The van der Waals surface area contributed by atoms with Gasteiger partial charge in [0.2, 0.25) is 0 Å². The van der Waals surface area contributed by atoms with E-state index in [4.69, 9.17) is 16.0 Å². The third kappa shape index (κ3) is 2.32. The van der Waals surface area contributed by atoms with Crippen molar-refractivity contribution < 1.29 is 9.52 Å². The van der Waals surface area contributed by atoms with Gasteiger partial charge in [0.1, 0.15) is 17.6 Å². The molecular weight excluding hydrogens is 291 g/mol. The highest BCUT2D eigenvalue weighted by Crippen LogP contribution is 2.30. The van der Waals surface area contributed by atoms with E-state index in [0.717, 1.165) is 10.0 Å². The lowest BCUT2D eigenvalue weighted by atomic mass is 10.2. The minimum absolute atomic E-state index is 0.557. The van der Waals surface area contributed by atoms with Crippen molar-refractivity contribution >= 4 is 27.5 Å². The Morgan fingerprint density at radius 2 is 2.06 bits per heavy atom. The SMILES string of the molecule is CC(O)c1ccc(-c2ccc(Cl)c(Br)c2)o1. The highest BCUT2D eigenvalue weighted by molar-refractivity contribution is 9.10. The van der Waals surface area contributed by atoms with Crippen LogP contribution < -0.4 is 0 Å². The van der Waals surface area contributed by atoms with Gasteiger partial charge in [0.25, 0.3) is 0 Å². The second-order valence-electron chi connectivity index (χ2n) is 3.51. The topological polar surface area (TPSA) is 33.4 Å². The van der Waals surface area contributed by atoms with E-state index in [-0.39, 0.29) is 0 Å². The summed E-state index contributed by atoms with van der Waals surface area (Å²) in [5.74, 6) is 1.27. The molecule has 0 aliphatic rings. The molecule has 0 aliphatic carbocycles. The normalized spacial score (nSPS) is 12.8. The highest BCUT2D eigenvalue weighted by Gasteiger charge is 2.09. The summed E-state index contributed by atoms with van der Waals surface area (Å²) in [4.78, 5) is 0. The molecule has 0 saturated carbocycles. The van der Waals surface area contributed by atoms with E-state index < -0.39 is 6.10 Å². The monoisotopic (exact) mass is 300 g/mol. The quantitative estimate of drug-likeness (QED) is 0.891. The zero-order chi connectivity index (χ0) is 11.7. The molecule has 0 bridgehead atoms. The zero-order valence-electron chi connectivity index (χ0n) is 8.58. The number of aliphatic hydroxyl groups is 1. The Balaban J connectivity index is 2.39. The van der Waals surface area contributed by atoms with Crippen LogP contribution in [0, 0.1) is 0 Å². The molecule has 2 aromatic rings. The predicted octanol–water partition coefficient (Wildman–Crippen LogP) is 4.42. The van der Waals surface area contributed by atoms with Gasteiger partial charge in [-0.05, 0) is 53.2 Å². The second-order valence-corrected chi connectivity index (χ2v) is 4.77. The Labute approximate surface area is 107 Å². The van der Waals surface area contributed by atoms with Crippen molar-refractivity contribution in [3.63, 3.8) is 0 Å². The summed E-state index contributed by atoms with van der Waals surface area (Å²) < 4.78 is 6.33. The predicted molar refractivity (Wildman–Crippen MR) is 67.5 cm³/mol. The molecule has 1 heterocycles. The van der Waals surface area contributed by atoms with Crippen molar-refractivity contribution in [3.8, 4) is 11.3 Å². The van der Waals surface area contributed by atoms with Crippen molar-refractivity contribution in [2.75, 3.05) is 0 Å². The molecule has 0 saturated heterocycles. The lowest BCUT2D eigenvalue weighted by Crippen LogP contribution is -1.85. The molecule has 1 aromatic heterocycles. The maximum atomic E-state index is 9.36. The molecule has 2 nitrogen and oxygen atoms in total. The average Bonchev–Trinajstić information content (AvgIpc) is 2.71. The number of rotatable bonds is 2. The molecule has 4 heteroatoms. The van der Waals surface area contributed by atoms with Crippen LogP contribution in [-0.2, 0) is 0 Å². The standard InChI is InChI=1S/C12H10BrClO2/c1-7(15)11-4-5-12(16-11)8-2-3-10(14)9(13)6-8/h2-7,15H,1H3. The van der Waals surface area contributed by atoms with Gasteiger partial charge in [-0.1, -0.05) is 11.6 Å². The van der Waals surface area contributed by atoms with Crippen LogP contribution >= 0.6 is 27.5 Å². The average molecular weight is 302 g/mol. The molecule has 1 unspecified atom stereocenters. The van der Waals surface area contributed by atoms with Crippen molar-refractivity contribution in [2.45, 2.75) is 13.0 Å². The summed E-state index contributed by atoms with van der Waals surface area (Å²) in [5, 5.41) is 10.0. The Bertz CT molecular complexity index is 505. The van der Waals surface area contributed by atoms with Crippen LogP contribution in [0.3, 0.4) is 0 Å². The lowest BCUT2D eigenvalue weighted by molar-refractivity contribution is 0.170. The van der Waals surface area contributed by atoms with Crippen molar-refractivity contribution in [2.24, 2.45) is 0 Å². The van der Waals surface area contributed by atoms with Crippen LogP contribution in [0.15, 0.2) is 39.2 Å². The lowest BCUT2D eigenvalue weighted by Gasteiger charge is -2.01. The number of hydrogen-bond donors (Lipinski definition) is 1. The van der Waals surface area contributed by atoms with Crippen LogP contribution in [-0.4, -0.2) is 5.11 Å². The molecule has 1 atom stereocenters. The number of halogens is 2. The van der Waals surface area contributed by atoms with E-state index >= 15 is 0 Å². The fourth-order valence-corrected chi connectivity index (χ4v) is 1.88. The molecule has 2 rings (SSSR count). The number of aliphatic hydroxyl groups excluding tert-OH is 1. The molecule has 0 amide bonds. The summed E-state index contributed by atoms with van der Waals surface area (Å²) in [6, 6.07) is 9.15. The number of furan rings is 1.